The Morgan fingerprint density at radius 1 is 1.48 bits per heavy atom. The lowest BCUT2D eigenvalue weighted by Crippen LogP contribution is -2.44. The summed E-state index contributed by atoms with van der Waals surface area (Å²) in [6, 6.07) is 1.53. The molecule has 7 heteroatoms. The molecule has 0 bridgehead atoms. The van der Waals surface area contributed by atoms with E-state index >= 15 is 0 Å². The molecule has 1 aromatic rings. The molecule has 0 aromatic carbocycles. The maximum absolute atomic E-state index is 11.4. The van der Waals surface area contributed by atoms with Crippen molar-refractivity contribution in [2.75, 3.05) is 31.3 Å². The molecule has 1 aromatic heterocycles. The average Bonchev–Trinajstić information content (AvgIpc) is 2.94. The Hall–Kier alpha value is -1.89. The van der Waals surface area contributed by atoms with Gasteiger partial charge in [0, 0.05) is 12.6 Å². The molecular formula is C14H21N3O4. The maximum Gasteiger partial charge on any atom is 0.311 e. The topological polar surface area (TPSA) is 84.8 Å². The van der Waals surface area contributed by atoms with Crippen LogP contribution in [0.25, 0.3) is 0 Å². The number of aromatic nitrogens is 2. The van der Waals surface area contributed by atoms with Crippen molar-refractivity contribution in [1.29, 1.82) is 0 Å². The number of anilines is 1. The third-order valence-electron chi connectivity index (χ3n) is 3.45. The number of aliphatic carboxylic acids is 1. The zero-order valence-corrected chi connectivity index (χ0v) is 12.4. The number of ether oxygens (including phenoxy) is 2. The van der Waals surface area contributed by atoms with Crippen molar-refractivity contribution in [3.63, 3.8) is 0 Å². The van der Waals surface area contributed by atoms with E-state index in [2.05, 4.69) is 9.97 Å². The lowest BCUT2D eigenvalue weighted by molar-refractivity contribution is -0.141. The second-order valence-corrected chi connectivity index (χ2v) is 4.89. The number of carboxylic acids is 1. The Morgan fingerprint density at radius 3 is 2.95 bits per heavy atom. The van der Waals surface area contributed by atoms with Crippen molar-refractivity contribution in [3.8, 4) is 5.88 Å². The van der Waals surface area contributed by atoms with Gasteiger partial charge in [-0.15, -0.1) is 0 Å². The first-order valence-corrected chi connectivity index (χ1v) is 7.19. The number of rotatable bonds is 7. The summed E-state index contributed by atoms with van der Waals surface area (Å²) in [6.07, 6.45) is 2.32. The molecule has 2 rings (SSSR count). The molecule has 1 aliphatic heterocycles. The van der Waals surface area contributed by atoms with E-state index in [4.69, 9.17) is 9.47 Å². The van der Waals surface area contributed by atoms with Crippen molar-refractivity contribution in [3.05, 3.63) is 12.4 Å². The molecule has 2 heterocycles. The third-order valence-corrected chi connectivity index (χ3v) is 3.45. The van der Waals surface area contributed by atoms with Gasteiger partial charge < -0.3 is 19.5 Å². The molecule has 0 saturated carbocycles. The predicted octanol–water partition coefficient (Wildman–Crippen LogP) is 1.19. The van der Waals surface area contributed by atoms with E-state index in [-0.39, 0.29) is 12.6 Å². The lowest BCUT2D eigenvalue weighted by Gasteiger charge is -2.31. The van der Waals surface area contributed by atoms with Gasteiger partial charge >= 0.3 is 5.97 Å². The summed E-state index contributed by atoms with van der Waals surface area (Å²) < 4.78 is 10.7. The van der Waals surface area contributed by atoms with Crippen molar-refractivity contribution in [2.45, 2.75) is 26.3 Å². The van der Waals surface area contributed by atoms with Gasteiger partial charge in [-0.3, -0.25) is 4.79 Å². The van der Waals surface area contributed by atoms with Crippen molar-refractivity contribution in [1.82, 2.24) is 9.97 Å². The Bertz CT molecular complexity index is 483. The Labute approximate surface area is 123 Å². The van der Waals surface area contributed by atoms with Crippen LogP contribution in [-0.4, -0.2) is 53.5 Å². The van der Waals surface area contributed by atoms with Gasteiger partial charge in [-0.05, 0) is 13.3 Å². The highest BCUT2D eigenvalue weighted by molar-refractivity contribution is 5.72. The summed E-state index contributed by atoms with van der Waals surface area (Å²) >= 11 is 0. The third kappa shape index (κ3) is 3.60. The van der Waals surface area contributed by atoms with Gasteiger partial charge in [0.25, 0.3) is 0 Å². The van der Waals surface area contributed by atoms with Gasteiger partial charge in [-0.2, -0.15) is 0 Å². The SMILES string of the molecule is CCCN(c1cc(OCC)ncn1)C1COCC1C(=O)O. The van der Waals surface area contributed by atoms with Crippen molar-refractivity contribution < 1.29 is 19.4 Å². The summed E-state index contributed by atoms with van der Waals surface area (Å²) in [4.78, 5) is 21.6. The van der Waals surface area contributed by atoms with Crippen LogP contribution in [0.15, 0.2) is 12.4 Å². The Morgan fingerprint density at radius 2 is 2.29 bits per heavy atom. The molecular weight excluding hydrogens is 274 g/mol. The highest BCUT2D eigenvalue weighted by Crippen LogP contribution is 2.26. The molecule has 1 fully saturated rings. The molecule has 21 heavy (non-hydrogen) atoms. The smallest absolute Gasteiger partial charge is 0.311 e. The largest absolute Gasteiger partial charge is 0.481 e. The zero-order chi connectivity index (χ0) is 15.2. The fourth-order valence-corrected chi connectivity index (χ4v) is 2.49. The van der Waals surface area contributed by atoms with Crippen LogP contribution < -0.4 is 9.64 Å². The molecule has 7 nitrogen and oxygen atoms in total. The van der Waals surface area contributed by atoms with Gasteiger partial charge in [0.15, 0.2) is 0 Å². The van der Waals surface area contributed by atoms with Crippen molar-refractivity contribution >= 4 is 11.8 Å². The van der Waals surface area contributed by atoms with Gasteiger partial charge in [0.05, 0.1) is 25.9 Å². The summed E-state index contributed by atoms with van der Waals surface area (Å²) in [5.41, 5.74) is 0. The number of carboxylic acid groups (broad SMARTS) is 1. The number of hydrogen-bond donors (Lipinski definition) is 1. The van der Waals surface area contributed by atoms with Crippen LogP contribution in [0.4, 0.5) is 5.82 Å². The maximum atomic E-state index is 11.4. The minimum Gasteiger partial charge on any atom is -0.481 e. The van der Waals surface area contributed by atoms with E-state index in [1.165, 1.54) is 6.33 Å². The van der Waals surface area contributed by atoms with Crippen LogP contribution in [0.2, 0.25) is 0 Å². The standard InChI is InChI=1S/C14H21N3O4/c1-3-5-17(11-8-20-7-10(11)14(18)19)12-6-13(21-4-2)16-9-15-12/h6,9-11H,3-5,7-8H2,1-2H3,(H,18,19). The monoisotopic (exact) mass is 295 g/mol. The normalized spacial score (nSPS) is 21.2. The second kappa shape index (κ2) is 7.21. The first-order valence-electron chi connectivity index (χ1n) is 7.19. The van der Waals surface area contributed by atoms with E-state index in [9.17, 15) is 9.90 Å². The van der Waals surface area contributed by atoms with Crippen molar-refractivity contribution in [2.24, 2.45) is 5.92 Å². The average molecular weight is 295 g/mol. The van der Waals surface area contributed by atoms with Crippen LogP contribution >= 0.6 is 0 Å². The molecule has 2 unspecified atom stereocenters. The quantitative estimate of drug-likeness (QED) is 0.808. The highest BCUT2D eigenvalue weighted by Gasteiger charge is 2.38. The first-order chi connectivity index (χ1) is 10.2. The molecule has 1 aliphatic rings. The molecule has 0 amide bonds. The molecule has 0 aliphatic carbocycles. The van der Waals surface area contributed by atoms with Crippen LogP contribution in [-0.2, 0) is 9.53 Å². The number of hydrogen-bond acceptors (Lipinski definition) is 6. The van der Waals surface area contributed by atoms with E-state index in [0.717, 1.165) is 6.42 Å². The van der Waals surface area contributed by atoms with Crippen LogP contribution in [0.1, 0.15) is 20.3 Å². The van der Waals surface area contributed by atoms with Crippen LogP contribution in [0.5, 0.6) is 5.88 Å². The minimum atomic E-state index is -0.835. The van der Waals surface area contributed by atoms with E-state index in [0.29, 0.717) is 31.5 Å². The fraction of sp³-hybridized carbons (Fsp3) is 0.643. The first kappa shape index (κ1) is 15.5. The Balaban J connectivity index is 2.25. The molecule has 0 spiro atoms. The lowest BCUT2D eigenvalue weighted by atomic mass is 10.0. The number of carbonyl (C=O) groups is 1. The second-order valence-electron chi connectivity index (χ2n) is 4.89. The summed E-state index contributed by atoms with van der Waals surface area (Å²) in [5.74, 6) is -0.203. The minimum absolute atomic E-state index is 0.216. The molecule has 0 radical (unpaired) electrons. The molecule has 1 N–H and O–H groups in total. The van der Waals surface area contributed by atoms with Gasteiger partial charge in [-0.1, -0.05) is 6.92 Å². The Kier molecular flexibility index (Phi) is 5.32. The molecule has 2 atom stereocenters. The fourth-order valence-electron chi connectivity index (χ4n) is 2.49. The molecule has 116 valence electrons. The number of nitrogens with zero attached hydrogens (tertiary/aromatic N) is 3. The van der Waals surface area contributed by atoms with Gasteiger partial charge in [0.2, 0.25) is 5.88 Å². The zero-order valence-electron chi connectivity index (χ0n) is 12.4. The molecule has 1 saturated heterocycles. The van der Waals surface area contributed by atoms with Crippen LogP contribution in [0, 0.1) is 5.92 Å². The summed E-state index contributed by atoms with van der Waals surface area (Å²) in [7, 11) is 0. The van der Waals surface area contributed by atoms with E-state index in [1.54, 1.807) is 6.07 Å². The summed E-state index contributed by atoms with van der Waals surface area (Å²) in [6.45, 7) is 5.80. The highest BCUT2D eigenvalue weighted by atomic mass is 16.5. The van der Waals surface area contributed by atoms with E-state index in [1.807, 2.05) is 18.7 Å². The van der Waals surface area contributed by atoms with Gasteiger partial charge in [-0.25, -0.2) is 9.97 Å². The van der Waals surface area contributed by atoms with E-state index < -0.39 is 11.9 Å². The predicted molar refractivity (Wildman–Crippen MR) is 76.6 cm³/mol. The summed E-state index contributed by atoms with van der Waals surface area (Å²) in [5, 5.41) is 9.32. The van der Waals surface area contributed by atoms with Gasteiger partial charge in [0.1, 0.15) is 18.1 Å². The van der Waals surface area contributed by atoms with Crippen LogP contribution in [0.3, 0.4) is 0 Å².